The van der Waals surface area contributed by atoms with Crippen LogP contribution < -0.4 is 5.32 Å². The van der Waals surface area contributed by atoms with Crippen molar-refractivity contribution in [2.24, 2.45) is 0 Å². The van der Waals surface area contributed by atoms with Crippen molar-refractivity contribution in [3.05, 3.63) is 35.0 Å². The van der Waals surface area contributed by atoms with Gasteiger partial charge in [0.05, 0.1) is 0 Å². The van der Waals surface area contributed by atoms with Crippen LogP contribution in [-0.2, 0) is 16.0 Å². The molecule has 0 aliphatic carbocycles. The van der Waals surface area contributed by atoms with Crippen molar-refractivity contribution in [1.29, 1.82) is 0 Å². The van der Waals surface area contributed by atoms with Crippen LogP contribution >= 0.6 is 11.3 Å². The number of allylic oxidation sites excluding steroid dienone is 1. The molecule has 1 unspecified atom stereocenters. The van der Waals surface area contributed by atoms with Crippen LogP contribution in [0.4, 0.5) is 0 Å². The highest BCUT2D eigenvalue weighted by Crippen LogP contribution is 2.10. The van der Waals surface area contributed by atoms with Gasteiger partial charge in [-0.3, -0.25) is 4.79 Å². The van der Waals surface area contributed by atoms with E-state index in [9.17, 15) is 9.59 Å². The van der Waals surface area contributed by atoms with Crippen LogP contribution in [0.5, 0.6) is 0 Å². The number of aliphatic carboxylic acids is 1. The maximum atomic E-state index is 11.6. The highest BCUT2D eigenvalue weighted by atomic mass is 32.1. The first kappa shape index (κ1) is 14.4. The van der Waals surface area contributed by atoms with Crippen LogP contribution in [0.3, 0.4) is 0 Å². The zero-order chi connectivity index (χ0) is 13.4. The number of nitrogens with one attached hydrogen (secondary N) is 1. The molecule has 1 amide bonds. The summed E-state index contributed by atoms with van der Waals surface area (Å²) in [6.07, 6.45) is 3.56. The lowest BCUT2D eigenvalue weighted by molar-refractivity contribution is -0.142. The molecule has 0 saturated carbocycles. The molecule has 0 spiro atoms. The second kappa shape index (κ2) is 7.66. The molecule has 1 rings (SSSR count). The first-order valence-electron chi connectivity index (χ1n) is 5.79. The molecule has 0 radical (unpaired) electrons. The molecule has 0 saturated heterocycles. The number of carboxylic acids is 1. The molecule has 1 heterocycles. The van der Waals surface area contributed by atoms with Gasteiger partial charge in [0.2, 0.25) is 5.91 Å². The summed E-state index contributed by atoms with van der Waals surface area (Å²) in [5.74, 6) is -1.22. The summed E-state index contributed by atoms with van der Waals surface area (Å²) >= 11 is 1.59. The highest BCUT2D eigenvalue weighted by molar-refractivity contribution is 7.09. The number of hydrogen-bond acceptors (Lipinski definition) is 3. The van der Waals surface area contributed by atoms with Crippen molar-refractivity contribution in [2.75, 3.05) is 0 Å². The van der Waals surface area contributed by atoms with Gasteiger partial charge in [-0.2, -0.15) is 0 Å². The van der Waals surface area contributed by atoms with Crippen LogP contribution in [0.1, 0.15) is 24.1 Å². The van der Waals surface area contributed by atoms with E-state index in [1.165, 1.54) is 0 Å². The fraction of sp³-hybridized carbons (Fsp3) is 0.385. The average molecular weight is 267 g/mol. The van der Waals surface area contributed by atoms with Crippen molar-refractivity contribution in [3.63, 3.8) is 0 Å². The quantitative estimate of drug-likeness (QED) is 0.710. The molecule has 4 nitrogen and oxygen atoms in total. The van der Waals surface area contributed by atoms with Crippen LogP contribution in [0.2, 0.25) is 0 Å². The third-order valence-corrected chi connectivity index (χ3v) is 3.41. The molecule has 0 aliphatic heterocycles. The molecule has 0 aromatic carbocycles. The van der Waals surface area contributed by atoms with E-state index in [2.05, 4.69) is 11.9 Å². The van der Waals surface area contributed by atoms with Crippen LogP contribution in [0.15, 0.2) is 30.2 Å². The minimum atomic E-state index is -0.999. The van der Waals surface area contributed by atoms with Crippen molar-refractivity contribution in [1.82, 2.24) is 5.32 Å². The second-order valence-corrected chi connectivity index (χ2v) is 4.94. The molecule has 0 fully saturated rings. The number of carboxylic acid groups (broad SMARTS) is 1. The van der Waals surface area contributed by atoms with E-state index in [0.717, 1.165) is 4.88 Å². The summed E-state index contributed by atoms with van der Waals surface area (Å²) in [6.45, 7) is 3.54. The Bertz CT molecular complexity index is 400. The Labute approximate surface area is 110 Å². The van der Waals surface area contributed by atoms with E-state index in [1.807, 2.05) is 17.5 Å². The largest absolute Gasteiger partial charge is 0.480 e. The van der Waals surface area contributed by atoms with Crippen molar-refractivity contribution >= 4 is 23.2 Å². The molecule has 1 atom stereocenters. The normalized spacial score (nSPS) is 11.8. The van der Waals surface area contributed by atoms with Gasteiger partial charge in [-0.05, 0) is 30.7 Å². The van der Waals surface area contributed by atoms with Gasteiger partial charge in [-0.25, -0.2) is 4.79 Å². The summed E-state index contributed by atoms with van der Waals surface area (Å²) in [7, 11) is 0. The fourth-order valence-electron chi connectivity index (χ4n) is 1.50. The Kier molecular flexibility index (Phi) is 6.14. The zero-order valence-electron chi connectivity index (χ0n) is 10.1. The zero-order valence-corrected chi connectivity index (χ0v) is 10.9. The molecule has 5 heteroatoms. The van der Waals surface area contributed by atoms with Gasteiger partial charge in [-0.15, -0.1) is 17.9 Å². The molecule has 18 heavy (non-hydrogen) atoms. The van der Waals surface area contributed by atoms with Crippen molar-refractivity contribution in [2.45, 2.75) is 31.7 Å². The minimum Gasteiger partial charge on any atom is -0.480 e. The molecule has 1 aromatic heterocycles. The third-order valence-electron chi connectivity index (χ3n) is 2.47. The van der Waals surface area contributed by atoms with E-state index in [-0.39, 0.29) is 5.91 Å². The Hall–Kier alpha value is -1.62. The maximum Gasteiger partial charge on any atom is 0.326 e. The fourth-order valence-corrected chi connectivity index (χ4v) is 2.21. The lowest BCUT2D eigenvalue weighted by atomic mass is 10.1. The van der Waals surface area contributed by atoms with E-state index in [1.54, 1.807) is 17.4 Å². The summed E-state index contributed by atoms with van der Waals surface area (Å²) in [5, 5.41) is 13.4. The number of hydrogen-bond donors (Lipinski definition) is 2. The van der Waals surface area contributed by atoms with Crippen LogP contribution in [0, 0.1) is 0 Å². The van der Waals surface area contributed by atoms with Gasteiger partial charge < -0.3 is 10.4 Å². The summed E-state index contributed by atoms with van der Waals surface area (Å²) < 4.78 is 0. The SMILES string of the molecule is C=CCCC(NC(=O)CCc1cccs1)C(=O)O. The Morgan fingerprint density at radius 2 is 2.33 bits per heavy atom. The number of amides is 1. The topological polar surface area (TPSA) is 66.4 Å². The minimum absolute atomic E-state index is 0.222. The second-order valence-electron chi connectivity index (χ2n) is 3.90. The van der Waals surface area contributed by atoms with Gasteiger partial charge >= 0.3 is 5.97 Å². The number of carbonyl (C=O) groups is 2. The Morgan fingerprint density at radius 1 is 1.56 bits per heavy atom. The Morgan fingerprint density at radius 3 is 2.89 bits per heavy atom. The standard InChI is InChI=1S/C13H17NO3S/c1-2-3-6-11(13(16)17)14-12(15)8-7-10-5-4-9-18-10/h2,4-5,9,11H,1,3,6-8H2,(H,14,15)(H,16,17). The molecule has 2 N–H and O–H groups in total. The molecular weight excluding hydrogens is 250 g/mol. The van der Waals surface area contributed by atoms with Gasteiger partial charge in [-0.1, -0.05) is 12.1 Å². The maximum absolute atomic E-state index is 11.6. The van der Waals surface area contributed by atoms with Gasteiger partial charge in [0, 0.05) is 11.3 Å². The highest BCUT2D eigenvalue weighted by Gasteiger charge is 2.18. The van der Waals surface area contributed by atoms with Crippen LogP contribution in [-0.4, -0.2) is 23.0 Å². The van der Waals surface area contributed by atoms with E-state index >= 15 is 0 Å². The predicted molar refractivity (Wildman–Crippen MR) is 71.6 cm³/mol. The van der Waals surface area contributed by atoms with E-state index in [0.29, 0.717) is 25.7 Å². The molecule has 1 aromatic rings. The summed E-state index contributed by atoms with van der Waals surface area (Å²) in [6, 6.07) is 3.07. The monoisotopic (exact) mass is 267 g/mol. The predicted octanol–water partition coefficient (Wildman–Crippen LogP) is 2.22. The number of carbonyl (C=O) groups excluding carboxylic acids is 1. The lowest BCUT2D eigenvalue weighted by Crippen LogP contribution is -2.40. The summed E-state index contributed by atoms with van der Waals surface area (Å²) in [4.78, 5) is 23.7. The number of aryl methyl sites for hydroxylation is 1. The number of rotatable bonds is 8. The van der Waals surface area contributed by atoms with Gasteiger partial charge in [0.1, 0.15) is 6.04 Å². The first-order valence-corrected chi connectivity index (χ1v) is 6.67. The smallest absolute Gasteiger partial charge is 0.326 e. The third kappa shape index (κ3) is 5.14. The van der Waals surface area contributed by atoms with Crippen LogP contribution in [0.25, 0.3) is 0 Å². The van der Waals surface area contributed by atoms with E-state index < -0.39 is 12.0 Å². The molecule has 98 valence electrons. The molecular formula is C13H17NO3S. The molecule has 0 aliphatic rings. The molecule has 0 bridgehead atoms. The first-order chi connectivity index (χ1) is 8.63. The van der Waals surface area contributed by atoms with Crippen molar-refractivity contribution < 1.29 is 14.7 Å². The average Bonchev–Trinajstić information content (AvgIpc) is 2.84. The Balaban J connectivity index is 2.36. The lowest BCUT2D eigenvalue weighted by Gasteiger charge is -2.13. The van der Waals surface area contributed by atoms with Crippen molar-refractivity contribution in [3.8, 4) is 0 Å². The number of thiophene rings is 1. The van der Waals surface area contributed by atoms with E-state index in [4.69, 9.17) is 5.11 Å². The summed E-state index contributed by atoms with van der Waals surface area (Å²) in [5.41, 5.74) is 0. The van der Waals surface area contributed by atoms with Gasteiger partial charge in [0.25, 0.3) is 0 Å². The van der Waals surface area contributed by atoms with Gasteiger partial charge in [0.15, 0.2) is 0 Å².